The molecule has 3 aromatic heterocycles. The van der Waals surface area contributed by atoms with Crippen molar-refractivity contribution in [3.63, 3.8) is 0 Å². The number of benzene rings is 1. The number of rotatable bonds is 6. The maximum absolute atomic E-state index is 12.5. The summed E-state index contributed by atoms with van der Waals surface area (Å²) in [5.41, 5.74) is 2.62. The normalized spacial score (nSPS) is 10.8. The van der Waals surface area contributed by atoms with Crippen LogP contribution in [0.1, 0.15) is 20.9 Å². The third-order valence-corrected chi connectivity index (χ3v) is 4.90. The number of carbonyl (C=O) groups is 1. The first-order chi connectivity index (χ1) is 12.8. The Morgan fingerprint density at radius 3 is 2.73 bits per heavy atom. The highest BCUT2D eigenvalue weighted by Crippen LogP contribution is 2.13. The van der Waals surface area contributed by atoms with E-state index in [-0.39, 0.29) is 5.91 Å². The van der Waals surface area contributed by atoms with Gasteiger partial charge in [-0.1, -0.05) is 18.2 Å². The molecule has 1 aromatic carbocycles. The number of amides is 1. The maximum atomic E-state index is 12.5. The van der Waals surface area contributed by atoms with Gasteiger partial charge < -0.3 is 9.88 Å². The van der Waals surface area contributed by atoms with Crippen molar-refractivity contribution in [2.75, 3.05) is 0 Å². The molecule has 1 N–H and O–H groups in total. The van der Waals surface area contributed by atoms with Gasteiger partial charge >= 0.3 is 0 Å². The molecule has 4 aromatic rings. The summed E-state index contributed by atoms with van der Waals surface area (Å²) in [6, 6.07) is 15.7. The lowest BCUT2D eigenvalue weighted by atomic mass is 10.2. The summed E-state index contributed by atoms with van der Waals surface area (Å²) in [7, 11) is 0. The molecule has 0 atom stereocenters. The molecule has 130 valence electrons. The van der Waals surface area contributed by atoms with Crippen molar-refractivity contribution in [1.29, 1.82) is 0 Å². The van der Waals surface area contributed by atoms with Gasteiger partial charge in [-0.3, -0.25) is 4.79 Å². The fourth-order valence-corrected chi connectivity index (χ4v) is 3.41. The minimum Gasteiger partial charge on any atom is -0.347 e. The average Bonchev–Trinajstić information content (AvgIpc) is 3.43. The lowest BCUT2D eigenvalue weighted by Gasteiger charge is -2.09. The number of carbonyl (C=O) groups excluding carboxylic acids is 1. The van der Waals surface area contributed by atoms with Crippen LogP contribution in [0.2, 0.25) is 0 Å². The monoisotopic (exact) mass is 363 g/mol. The molecule has 0 fully saturated rings. The SMILES string of the molecule is O=C(NCc1ccc(-n2cncn2)cc1)c1cccn1Cc1cccs1. The van der Waals surface area contributed by atoms with Crippen molar-refractivity contribution in [3.8, 4) is 5.69 Å². The van der Waals surface area contributed by atoms with Crippen molar-refractivity contribution in [2.24, 2.45) is 0 Å². The Bertz CT molecular complexity index is 972. The van der Waals surface area contributed by atoms with Gasteiger partial charge in [0.25, 0.3) is 5.91 Å². The third-order valence-electron chi connectivity index (χ3n) is 4.04. The highest BCUT2D eigenvalue weighted by atomic mass is 32.1. The number of hydrogen-bond acceptors (Lipinski definition) is 4. The van der Waals surface area contributed by atoms with E-state index in [4.69, 9.17) is 0 Å². The van der Waals surface area contributed by atoms with Gasteiger partial charge in [0.1, 0.15) is 18.3 Å². The molecule has 0 radical (unpaired) electrons. The van der Waals surface area contributed by atoms with Crippen molar-refractivity contribution in [1.82, 2.24) is 24.6 Å². The molecular weight excluding hydrogens is 346 g/mol. The molecule has 3 heterocycles. The number of hydrogen-bond donors (Lipinski definition) is 1. The van der Waals surface area contributed by atoms with Crippen molar-refractivity contribution < 1.29 is 4.79 Å². The zero-order chi connectivity index (χ0) is 17.8. The van der Waals surface area contributed by atoms with Gasteiger partial charge in [0.05, 0.1) is 12.2 Å². The van der Waals surface area contributed by atoms with E-state index in [1.165, 1.54) is 11.2 Å². The van der Waals surface area contributed by atoms with E-state index in [9.17, 15) is 4.79 Å². The minimum absolute atomic E-state index is 0.0769. The number of nitrogens with zero attached hydrogens (tertiary/aromatic N) is 4. The van der Waals surface area contributed by atoms with E-state index in [2.05, 4.69) is 21.5 Å². The lowest BCUT2D eigenvalue weighted by Crippen LogP contribution is -2.25. The van der Waals surface area contributed by atoms with Gasteiger partial charge in [-0.2, -0.15) is 5.10 Å². The summed E-state index contributed by atoms with van der Waals surface area (Å²) >= 11 is 1.69. The Morgan fingerprint density at radius 1 is 1.12 bits per heavy atom. The Kier molecular flexibility index (Phi) is 4.61. The van der Waals surface area contributed by atoms with E-state index >= 15 is 0 Å². The molecule has 1 amide bonds. The number of aromatic nitrogens is 4. The van der Waals surface area contributed by atoms with Crippen molar-refractivity contribution in [2.45, 2.75) is 13.1 Å². The third kappa shape index (κ3) is 3.57. The molecule has 0 unspecified atom stereocenters. The molecular formula is C19H17N5OS. The second kappa shape index (κ2) is 7.37. The Morgan fingerprint density at radius 2 is 2.00 bits per heavy atom. The number of nitrogens with one attached hydrogen (secondary N) is 1. The summed E-state index contributed by atoms with van der Waals surface area (Å²) in [5, 5.41) is 9.13. The van der Waals surface area contributed by atoms with E-state index in [0.717, 1.165) is 11.3 Å². The van der Waals surface area contributed by atoms with E-state index in [0.29, 0.717) is 18.8 Å². The van der Waals surface area contributed by atoms with Gasteiger partial charge in [-0.05, 0) is 41.3 Å². The van der Waals surface area contributed by atoms with Gasteiger partial charge in [-0.15, -0.1) is 11.3 Å². The first-order valence-corrected chi connectivity index (χ1v) is 9.07. The van der Waals surface area contributed by atoms with Crippen LogP contribution in [0.3, 0.4) is 0 Å². The van der Waals surface area contributed by atoms with Crippen molar-refractivity contribution >= 4 is 17.2 Å². The van der Waals surface area contributed by atoms with Crippen molar-refractivity contribution in [3.05, 3.63) is 88.9 Å². The van der Waals surface area contributed by atoms with Gasteiger partial charge in [0.2, 0.25) is 0 Å². The molecule has 0 saturated carbocycles. The second-order valence-electron chi connectivity index (χ2n) is 5.79. The fraction of sp³-hybridized carbons (Fsp3) is 0.105. The fourth-order valence-electron chi connectivity index (χ4n) is 2.71. The van der Waals surface area contributed by atoms with Crippen LogP contribution in [-0.2, 0) is 13.1 Å². The highest BCUT2D eigenvalue weighted by Gasteiger charge is 2.11. The van der Waals surface area contributed by atoms with Gasteiger partial charge in [-0.25, -0.2) is 9.67 Å². The zero-order valence-electron chi connectivity index (χ0n) is 13.9. The first kappa shape index (κ1) is 16.3. The first-order valence-electron chi connectivity index (χ1n) is 8.19. The maximum Gasteiger partial charge on any atom is 0.268 e. The van der Waals surface area contributed by atoms with Crippen LogP contribution < -0.4 is 5.32 Å². The molecule has 26 heavy (non-hydrogen) atoms. The summed E-state index contributed by atoms with van der Waals surface area (Å²) in [6.45, 7) is 1.18. The molecule has 7 heteroatoms. The predicted molar refractivity (Wildman–Crippen MR) is 100 cm³/mol. The average molecular weight is 363 g/mol. The summed E-state index contributed by atoms with van der Waals surface area (Å²) < 4.78 is 3.66. The van der Waals surface area contributed by atoms with Gasteiger partial charge in [0.15, 0.2) is 0 Å². The highest BCUT2D eigenvalue weighted by molar-refractivity contribution is 7.09. The summed E-state index contributed by atoms with van der Waals surface area (Å²) in [4.78, 5) is 17.7. The molecule has 0 aliphatic heterocycles. The number of thiophene rings is 1. The smallest absolute Gasteiger partial charge is 0.268 e. The molecule has 6 nitrogen and oxygen atoms in total. The van der Waals surface area contributed by atoms with Crippen LogP contribution in [0.5, 0.6) is 0 Å². The van der Waals surface area contributed by atoms with Crippen LogP contribution in [0.15, 0.2) is 72.8 Å². The topological polar surface area (TPSA) is 64.7 Å². The van der Waals surface area contributed by atoms with Crippen LogP contribution in [0.4, 0.5) is 0 Å². The summed E-state index contributed by atoms with van der Waals surface area (Å²) in [5.74, 6) is -0.0769. The molecule has 0 aliphatic rings. The van der Waals surface area contributed by atoms with E-state index in [1.54, 1.807) is 22.3 Å². The summed E-state index contributed by atoms with van der Waals surface area (Å²) in [6.07, 6.45) is 5.08. The molecule has 0 spiro atoms. The zero-order valence-corrected chi connectivity index (χ0v) is 14.8. The molecule has 0 aliphatic carbocycles. The van der Waals surface area contributed by atoms with Crippen LogP contribution >= 0.6 is 11.3 Å². The predicted octanol–water partition coefficient (Wildman–Crippen LogP) is 3.11. The standard InChI is InChI=1S/C19H17N5OS/c25-19(18-4-1-9-23(18)12-17-3-2-10-26-17)21-11-15-5-7-16(8-6-15)24-14-20-13-22-24/h1-10,13-14H,11-12H2,(H,21,25). The van der Waals surface area contributed by atoms with E-state index < -0.39 is 0 Å². The Labute approximate surface area is 154 Å². The molecule has 0 bridgehead atoms. The van der Waals surface area contributed by atoms with Gasteiger partial charge in [0, 0.05) is 17.6 Å². The van der Waals surface area contributed by atoms with Crippen LogP contribution in [0.25, 0.3) is 5.69 Å². The van der Waals surface area contributed by atoms with E-state index in [1.807, 2.05) is 58.6 Å². The lowest BCUT2D eigenvalue weighted by molar-refractivity contribution is 0.0942. The minimum atomic E-state index is -0.0769. The molecule has 0 saturated heterocycles. The van der Waals surface area contributed by atoms with Crippen LogP contribution in [0, 0.1) is 0 Å². The Hall–Kier alpha value is -3.19. The largest absolute Gasteiger partial charge is 0.347 e. The molecule has 4 rings (SSSR count). The second-order valence-corrected chi connectivity index (χ2v) is 6.82. The quantitative estimate of drug-likeness (QED) is 0.572. The Balaban J connectivity index is 1.39. The van der Waals surface area contributed by atoms with Crippen LogP contribution in [-0.4, -0.2) is 25.2 Å².